The zero-order valence-corrected chi connectivity index (χ0v) is 15.9. The number of carbonyl (C=O) groups excluding carboxylic acids is 2. The maximum atomic E-state index is 12.6. The first-order valence-electron chi connectivity index (χ1n) is 9.95. The van der Waals surface area contributed by atoms with Crippen molar-refractivity contribution in [2.24, 2.45) is 28.6 Å². The third kappa shape index (κ3) is 2.43. The number of aliphatic hydroxyl groups excluding tert-OH is 2. The fourth-order valence-corrected chi connectivity index (χ4v) is 6.75. The molecular weight excluding hydrogens is 332 g/mol. The summed E-state index contributed by atoms with van der Waals surface area (Å²) in [6.07, 6.45) is 5.04. The number of hydrogen-bond acceptors (Lipinski definition) is 5. The molecule has 0 saturated heterocycles. The first-order valence-corrected chi connectivity index (χ1v) is 9.95. The molecule has 4 rings (SSSR count). The highest BCUT2D eigenvalue weighted by molar-refractivity contribution is 5.91. The number of rotatable bonds is 1. The molecule has 4 aliphatic rings. The highest BCUT2D eigenvalue weighted by Gasteiger charge is 2.62. The van der Waals surface area contributed by atoms with Crippen LogP contribution in [-0.2, 0) is 14.3 Å². The van der Waals surface area contributed by atoms with Crippen LogP contribution in [0, 0.1) is 28.6 Å². The van der Waals surface area contributed by atoms with Crippen molar-refractivity contribution in [1.82, 2.24) is 0 Å². The molecule has 0 spiro atoms. The van der Waals surface area contributed by atoms with Crippen molar-refractivity contribution < 1.29 is 24.5 Å². The molecule has 1 unspecified atom stereocenters. The number of aliphatic hydroxyl groups is 2. The average Bonchev–Trinajstić information content (AvgIpc) is 2.79. The molecule has 2 N–H and O–H groups in total. The number of hydrogen-bond donors (Lipinski definition) is 2. The van der Waals surface area contributed by atoms with Crippen LogP contribution in [0.1, 0.15) is 59.3 Å². The molecular formula is C21H30O5. The predicted molar refractivity (Wildman–Crippen MR) is 95.0 cm³/mol. The summed E-state index contributed by atoms with van der Waals surface area (Å²) >= 11 is 0. The smallest absolute Gasteiger partial charge is 0.302 e. The average molecular weight is 362 g/mol. The third-order valence-corrected chi connectivity index (χ3v) is 8.15. The maximum Gasteiger partial charge on any atom is 0.302 e. The van der Waals surface area contributed by atoms with Crippen molar-refractivity contribution in [2.45, 2.75) is 77.6 Å². The Morgan fingerprint density at radius 2 is 1.85 bits per heavy atom. The van der Waals surface area contributed by atoms with Gasteiger partial charge in [-0.05, 0) is 55.3 Å². The van der Waals surface area contributed by atoms with Crippen molar-refractivity contribution >= 4 is 11.8 Å². The number of carbonyl (C=O) groups is 2. The second-order valence-electron chi connectivity index (χ2n) is 9.44. The largest absolute Gasteiger partial charge is 0.462 e. The van der Waals surface area contributed by atoms with Crippen LogP contribution in [0.5, 0.6) is 0 Å². The Kier molecular flexibility index (Phi) is 4.12. The van der Waals surface area contributed by atoms with Gasteiger partial charge in [0.15, 0.2) is 5.78 Å². The minimum Gasteiger partial charge on any atom is -0.462 e. The second kappa shape index (κ2) is 5.90. The number of ketones is 1. The lowest BCUT2D eigenvalue weighted by molar-refractivity contribution is -0.149. The van der Waals surface area contributed by atoms with E-state index >= 15 is 0 Å². The van der Waals surface area contributed by atoms with Crippen LogP contribution in [0.2, 0.25) is 0 Å². The molecule has 3 saturated carbocycles. The van der Waals surface area contributed by atoms with E-state index < -0.39 is 17.6 Å². The van der Waals surface area contributed by atoms with Gasteiger partial charge in [0.1, 0.15) is 12.2 Å². The lowest BCUT2D eigenvalue weighted by Crippen LogP contribution is -2.54. The Bertz CT molecular complexity index is 669. The zero-order valence-electron chi connectivity index (χ0n) is 15.9. The minimum absolute atomic E-state index is 0.0154. The molecule has 0 aliphatic heterocycles. The van der Waals surface area contributed by atoms with Gasteiger partial charge in [-0.2, -0.15) is 0 Å². The van der Waals surface area contributed by atoms with E-state index in [1.807, 2.05) is 13.0 Å². The Labute approximate surface area is 154 Å². The van der Waals surface area contributed by atoms with E-state index in [1.165, 1.54) is 12.5 Å². The Balaban J connectivity index is 1.66. The molecule has 0 amide bonds. The zero-order chi connectivity index (χ0) is 18.9. The van der Waals surface area contributed by atoms with Gasteiger partial charge in [0, 0.05) is 18.8 Å². The Morgan fingerprint density at radius 1 is 1.15 bits per heavy atom. The van der Waals surface area contributed by atoms with Crippen LogP contribution in [0.3, 0.4) is 0 Å². The summed E-state index contributed by atoms with van der Waals surface area (Å²) in [4.78, 5) is 23.9. The highest BCUT2D eigenvalue weighted by Crippen LogP contribution is 2.64. The van der Waals surface area contributed by atoms with Gasteiger partial charge in [0.2, 0.25) is 0 Å². The van der Waals surface area contributed by atoms with Gasteiger partial charge in [-0.25, -0.2) is 0 Å². The molecule has 0 aromatic rings. The van der Waals surface area contributed by atoms with Crippen molar-refractivity contribution in [2.75, 3.05) is 0 Å². The van der Waals surface area contributed by atoms with Gasteiger partial charge in [0.05, 0.1) is 6.10 Å². The normalized spacial score (nSPS) is 50.3. The van der Waals surface area contributed by atoms with E-state index in [1.54, 1.807) is 0 Å². The van der Waals surface area contributed by atoms with Crippen LogP contribution in [0.15, 0.2) is 11.6 Å². The minimum atomic E-state index is -0.881. The predicted octanol–water partition coefficient (Wildman–Crippen LogP) is 2.39. The monoisotopic (exact) mass is 362 g/mol. The van der Waals surface area contributed by atoms with Gasteiger partial charge < -0.3 is 14.9 Å². The van der Waals surface area contributed by atoms with E-state index in [-0.39, 0.29) is 35.1 Å². The van der Waals surface area contributed by atoms with Crippen molar-refractivity contribution in [3.8, 4) is 0 Å². The van der Waals surface area contributed by atoms with Crippen molar-refractivity contribution in [3.05, 3.63) is 11.6 Å². The molecule has 26 heavy (non-hydrogen) atoms. The summed E-state index contributed by atoms with van der Waals surface area (Å²) in [5.74, 6) is 0.0902. The number of Topliss-reactive ketones (excluding diaryl/α,β-unsaturated/α-hetero) is 1. The van der Waals surface area contributed by atoms with Gasteiger partial charge in [0.25, 0.3) is 0 Å². The van der Waals surface area contributed by atoms with Crippen LogP contribution < -0.4 is 0 Å². The summed E-state index contributed by atoms with van der Waals surface area (Å²) in [5.41, 5.74) is 0.689. The quantitative estimate of drug-likeness (QED) is 0.553. The number of esters is 1. The first-order chi connectivity index (χ1) is 12.2. The molecule has 5 heteroatoms. The van der Waals surface area contributed by atoms with Crippen molar-refractivity contribution in [3.63, 3.8) is 0 Å². The van der Waals surface area contributed by atoms with E-state index in [0.717, 1.165) is 25.7 Å². The molecule has 0 bridgehead atoms. The summed E-state index contributed by atoms with van der Waals surface area (Å²) < 4.78 is 5.43. The Hall–Kier alpha value is -1.20. The van der Waals surface area contributed by atoms with Crippen LogP contribution in [0.4, 0.5) is 0 Å². The molecule has 0 radical (unpaired) electrons. The van der Waals surface area contributed by atoms with E-state index in [2.05, 4.69) is 6.92 Å². The highest BCUT2D eigenvalue weighted by atomic mass is 16.5. The molecule has 8 atom stereocenters. The standard InChI is InChI=1S/C21H30O5/c1-11(22)26-13-4-6-20(2)12(8-13)9-16(23)18-14(20)5-7-21(3)15(18)10-17(24)19(21)25/h9,13-18,23-24H,4-8,10H2,1-3H3/t13-,14-,15-,16?,17+,18+,20-,21-/m0/s1. The molecule has 144 valence electrons. The summed E-state index contributed by atoms with van der Waals surface area (Å²) in [5, 5.41) is 21.2. The Morgan fingerprint density at radius 3 is 2.54 bits per heavy atom. The van der Waals surface area contributed by atoms with E-state index in [9.17, 15) is 19.8 Å². The SMILES string of the molecule is CC(=O)O[C@H]1CC[C@@]2(C)C(=CC(O)[C@@H]3[C@@H]2CC[C@]2(C)C(=O)[C@H](O)C[C@@H]32)C1. The van der Waals surface area contributed by atoms with Gasteiger partial charge in [-0.15, -0.1) is 0 Å². The fraction of sp³-hybridized carbons (Fsp3) is 0.810. The molecule has 5 nitrogen and oxygen atoms in total. The number of ether oxygens (including phenoxy) is 1. The summed E-state index contributed by atoms with van der Waals surface area (Å²) in [6, 6.07) is 0. The second-order valence-corrected chi connectivity index (χ2v) is 9.44. The molecule has 0 heterocycles. The van der Waals surface area contributed by atoms with E-state index in [0.29, 0.717) is 18.8 Å². The van der Waals surface area contributed by atoms with Crippen LogP contribution >= 0.6 is 0 Å². The lowest BCUT2D eigenvalue weighted by Gasteiger charge is -2.58. The summed E-state index contributed by atoms with van der Waals surface area (Å²) in [7, 11) is 0. The fourth-order valence-electron chi connectivity index (χ4n) is 6.75. The topological polar surface area (TPSA) is 83.8 Å². The van der Waals surface area contributed by atoms with Gasteiger partial charge in [-0.1, -0.05) is 25.5 Å². The number of fused-ring (bicyclic) bond motifs is 5. The van der Waals surface area contributed by atoms with Crippen LogP contribution in [-0.4, -0.2) is 40.3 Å². The lowest BCUT2D eigenvalue weighted by atomic mass is 9.47. The molecule has 4 aliphatic carbocycles. The van der Waals surface area contributed by atoms with Crippen LogP contribution in [0.25, 0.3) is 0 Å². The van der Waals surface area contributed by atoms with Gasteiger partial charge >= 0.3 is 5.97 Å². The molecule has 0 aromatic carbocycles. The van der Waals surface area contributed by atoms with E-state index in [4.69, 9.17) is 4.74 Å². The summed E-state index contributed by atoms with van der Waals surface area (Å²) in [6.45, 7) is 5.71. The van der Waals surface area contributed by atoms with Crippen molar-refractivity contribution in [1.29, 1.82) is 0 Å². The molecule has 3 fully saturated rings. The third-order valence-electron chi connectivity index (χ3n) is 8.15. The molecule has 0 aromatic heterocycles. The van der Waals surface area contributed by atoms with Gasteiger partial charge in [-0.3, -0.25) is 9.59 Å². The maximum absolute atomic E-state index is 12.6. The first kappa shape index (κ1) is 18.2.